The minimum Gasteiger partial charge on any atom is -0.545 e. The first-order valence-corrected chi connectivity index (χ1v) is 29.6. The van der Waals surface area contributed by atoms with Gasteiger partial charge in [-0.3, -0.25) is 9.59 Å². The lowest BCUT2D eigenvalue weighted by Crippen LogP contribution is -2.44. The van der Waals surface area contributed by atoms with Crippen LogP contribution < -0.4 is 5.11 Å². The third kappa shape index (κ3) is 59.6. The Morgan fingerprint density at radius 3 is 1.05 bits per heavy atom. The van der Waals surface area contributed by atoms with E-state index in [1.807, 2.05) is 33.3 Å². The Bertz CT molecular complexity index is 1990. The number of carbonyl (C=O) groups excluding carboxylic acids is 3. The van der Waals surface area contributed by atoms with Gasteiger partial charge in [-0.05, 0) is 128 Å². The number of carboxylic acid groups (broad SMARTS) is 1. The second-order valence-electron chi connectivity index (χ2n) is 19.8. The SMILES string of the molecule is CC/C=C\C/C=C\C/C=C\C/C=C\C/C=C\C/C=C\C/C=C\C/C=C\C/C=C\C/C=C\C/C=C\C/C=C\CCCCCCC(=O)OC(COC(=O)CC/C=C\C/C=C\C/C=C\C/C=C\CC)COC(OCC[N+](C)(C)C)C(=O)[O-]. The standard InChI is InChI=1S/C70H105NO8/c1-6-8-10-12-14-16-18-20-21-22-23-24-25-26-27-28-29-30-31-32-33-34-35-36-37-38-39-40-41-42-43-44-45-46-47-49-51-53-55-57-59-61-68(73)79-66(65-78-70(69(74)75)76-63-62-71(3,4)5)64-77-67(72)60-58-56-54-52-50-48-19-17-15-13-11-9-7-2/h8-11,14-17,20-21,23-24,26-27,29-30,32-33,35-36,38-39,41-42,44-45,47-50,54,56,66,70H,6-7,12-13,18-19,22,25,28,31,34,37,40,43,46,51-53,55,57-65H2,1-5H3/b10-8-,11-9-,16-14-,17-15-,21-20-,24-23-,27-26-,30-29-,33-32-,36-35-,39-38-,42-41-,45-44-,49-47-,50-48-,56-54-. The molecule has 0 heterocycles. The van der Waals surface area contributed by atoms with Gasteiger partial charge in [-0.2, -0.15) is 0 Å². The average molecular weight is 1090 g/mol. The van der Waals surface area contributed by atoms with Crippen molar-refractivity contribution in [1.82, 2.24) is 0 Å². The van der Waals surface area contributed by atoms with Crippen LogP contribution in [0.5, 0.6) is 0 Å². The lowest BCUT2D eigenvalue weighted by molar-refractivity contribution is -0.870. The van der Waals surface area contributed by atoms with Crippen LogP contribution in [0.2, 0.25) is 0 Å². The molecule has 0 saturated heterocycles. The number of allylic oxidation sites excluding steroid dienone is 32. The number of quaternary nitrogens is 1. The van der Waals surface area contributed by atoms with Crippen molar-refractivity contribution in [1.29, 1.82) is 0 Å². The molecular formula is C70H105NO8. The van der Waals surface area contributed by atoms with Crippen LogP contribution in [0.3, 0.4) is 0 Å². The maximum atomic E-state index is 12.8. The molecule has 0 rings (SSSR count). The van der Waals surface area contributed by atoms with Crippen LogP contribution in [0.4, 0.5) is 0 Å². The molecule has 0 aliphatic carbocycles. The van der Waals surface area contributed by atoms with Gasteiger partial charge in [0.05, 0.1) is 40.3 Å². The van der Waals surface area contributed by atoms with Crippen LogP contribution >= 0.6 is 0 Å². The van der Waals surface area contributed by atoms with E-state index in [2.05, 4.69) is 196 Å². The number of unbranched alkanes of at least 4 members (excludes halogenated alkanes) is 4. The van der Waals surface area contributed by atoms with Gasteiger partial charge in [-0.25, -0.2) is 0 Å². The number of nitrogens with zero attached hydrogens (tertiary/aromatic N) is 1. The fourth-order valence-electron chi connectivity index (χ4n) is 6.88. The van der Waals surface area contributed by atoms with Crippen LogP contribution in [0.25, 0.3) is 0 Å². The molecule has 0 spiro atoms. The van der Waals surface area contributed by atoms with Crippen LogP contribution in [0.15, 0.2) is 194 Å². The second kappa shape index (κ2) is 58.3. The third-order valence-corrected chi connectivity index (χ3v) is 11.4. The average Bonchev–Trinajstić information content (AvgIpc) is 3.42. The Morgan fingerprint density at radius 1 is 0.380 bits per heavy atom. The van der Waals surface area contributed by atoms with E-state index in [1.54, 1.807) is 0 Å². The summed E-state index contributed by atoms with van der Waals surface area (Å²) >= 11 is 0. The Kier molecular flexibility index (Phi) is 54.0. The lowest BCUT2D eigenvalue weighted by Gasteiger charge is -2.26. The van der Waals surface area contributed by atoms with E-state index < -0.39 is 30.3 Å². The monoisotopic (exact) mass is 1090 g/mol. The van der Waals surface area contributed by atoms with Gasteiger partial charge in [-0.15, -0.1) is 0 Å². The molecule has 0 aromatic rings. The highest BCUT2D eigenvalue weighted by molar-refractivity contribution is 5.70. The molecule has 2 unspecified atom stereocenters. The van der Waals surface area contributed by atoms with Gasteiger partial charge in [0.25, 0.3) is 0 Å². The first kappa shape index (κ1) is 73.1. The number of carbonyl (C=O) groups is 3. The molecule has 438 valence electrons. The van der Waals surface area contributed by atoms with Gasteiger partial charge in [0, 0.05) is 12.8 Å². The lowest BCUT2D eigenvalue weighted by atomic mass is 10.1. The molecular weight excluding hydrogens is 983 g/mol. The van der Waals surface area contributed by atoms with E-state index in [0.717, 1.165) is 128 Å². The maximum absolute atomic E-state index is 12.8. The van der Waals surface area contributed by atoms with Crippen molar-refractivity contribution in [2.45, 2.75) is 180 Å². The number of hydrogen-bond donors (Lipinski definition) is 0. The maximum Gasteiger partial charge on any atom is 0.306 e. The summed E-state index contributed by atoms with van der Waals surface area (Å²) in [6, 6.07) is 0. The summed E-state index contributed by atoms with van der Waals surface area (Å²) in [5.74, 6) is -2.46. The quantitative estimate of drug-likeness (QED) is 0.0195. The van der Waals surface area contributed by atoms with Gasteiger partial charge >= 0.3 is 11.9 Å². The summed E-state index contributed by atoms with van der Waals surface area (Å²) in [7, 11) is 5.87. The number of carboxylic acids is 1. The highest BCUT2D eigenvalue weighted by atomic mass is 16.7. The van der Waals surface area contributed by atoms with E-state index in [9.17, 15) is 19.5 Å². The van der Waals surface area contributed by atoms with Crippen LogP contribution in [0.1, 0.15) is 168 Å². The summed E-state index contributed by atoms with van der Waals surface area (Å²) in [5, 5.41) is 11.7. The van der Waals surface area contributed by atoms with Crippen LogP contribution in [-0.4, -0.2) is 82.3 Å². The number of rotatable bonds is 51. The predicted octanol–water partition coefficient (Wildman–Crippen LogP) is 16.6. The molecule has 79 heavy (non-hydrogen) atoms. The molecule has 9 nitrogen and oxygen atoms in total. The molecule has 0 amide bonds. The molecule has 9 heteroatoms. The smallest absolute Gasteiger partial charge is 0.306 e. The summed E-state index contributed by atoms with van der Waals surface area (Å²) in [6.07, 6.45) is 88.1. The number of aliphatic carboxylic acids is 1. The van der Waals surface area contributed by atoms with Gasteiger partial charge in [0.15, 0.2) is 12.4 Å². The predicted molar refractivity (Wildman–Crippen MR) is 333 cm³/mol. The van der Waals surface area contributed by atoms with Gasteiger partial charge in [0.1, 0.15) is 13.2 Å². The van der Waals surface area contributed by atoms with Gasteiger partial charge in [0.2, 0.25) is 0 Å². The molecule has 2 atom stereocenters. The van der Waals surface area contributed by atoms with E-state index in [1.165, 1.54) is 0 Å². The molecule has 0 aromatic heterocycles. The van der Waals surface area contributed by atoms with Crippen molar-refractivity contribution in [3.63, 3.8) is 0 Å². The van der Waals surface area contributed by atoms with Crippen molar-refractivity contribution >= 4 is 17.9 Å². The zero-order chi connectivity index (χ0) is 57.6. The molecule has 0 radical (unpaired) electrons. The summed E-state index contributed by atoms with van der Waals surface area (Å²) in [6.45, 7) is 4.35. The van der Waals surface area contributed by atoms with E-state index in [0.29, 0.717) is 23.9 Å². The highest BCUT2D eigenvalue weighted by Gasteiger charge is 2.21. The Labute approximate surface area is 481 Å². The minimum absolute atomic E-state index is 0.121. The summed E-state index contributed by atoms with van der Waals surface area (Å²) in [4.78, 5) is 37.1. The Morgan fingerprint density at radius 2 is 0.709 bits per heavy atom. The molecule has 0 aliphatic heterocycles. The summed E-state index contributed by atoms with van der Waals surface area (Å²) < 4.78 is 22.5. The molecule has 0 saturated carbocycles. The zero-order valence-electron chi connectivity index (χ0n) is 49.6. The van der Waals surface area contributed by atoms with Gasteiger partial charge < -0.3 is 33.3 Å². The van der Waals surface area contributed by atoms with Crippen molar-refractivity contribution < 1.29 is 42.9 Å². The Balaban J connectivity index is 4.29. The topological polar surface area (TPSA) is 111 Å². The number of hydrogen-bond acceptors (Lipinski definition) is 8. The minimum atomic E-state index is -1.66. The number of ether oxygens (including phenoxy) is 4. The van der Waals surface area contributed by atoms with E-state index >= 15 is 0 Å². The third-order valence-electron chi connectivity index (χ3n) is 11.4. The van der Waals surface area contributed by atoms with E-state index in [4.69, 9.17) is 18.9 Å². The fourth-order valence-corrected chi connectivity index (χ4v) is 6.88. The van der Waals surface area contributed by atoms with Gasteiger partial charge in [-0.1, -0.05) is 221 Å². The summed E-state index contributed by atoms with van der Waals surface area (Å²) in [5.41, 5.74) is 0. The van der Waals surface area contributed by atoms with Crippen molar-refractivity contribution in [2.75, 3.05) is 47.5 Å². The molecule has 0 N–H and O–H groups in total. The van der Waals surface area contributed by atoms with Crippen molar-refractivity contribution in [3.05, 3.63) is 194 Å². The van der Waals surface area contributed by atoms with Crippen molar-refractivity contribution in [2.24, 2.45) is 0 Å². The van der Waals surface area contributed by atoms with Crippen molar-refractivity contribution in [3.8, 4) is 0 Å². The normalized spacial score (nSPS) is 14.2. The highest BCUT2D eigenvalue weighted by Crippen LogP contribution is 2.11. The molecule has 0 bridgehead atoms. The number of esters is 2. The fraction of sp³-hybridized carbons (Fsp3) is 0.500. The van der Waals surface area contributed by atoms with Crippen LogP contribution in [-0.2, 0) is 33.3 Å². The zero-order valence-corrected chi connectivity index (χ0v) is 49.6. The second-order valence-corrected chi connectivity index (χ2v) is 19.8. The molecule has 0 fully saturated rings. The largest absolute Gasteiger partial charge is 0.545 e. The van der Waals surface area contributed by atoms with E-state index in [-0.39, 0.29) is 32.7 Å². The first-order valence-electron chi connectivity index (χ1n) is 29.6. The van der Waals surface area contributed by atoms with Crippen LogP contribution in [0, 0.1) is 0 Å². The Hall–Kier alpha value is -5.87. The first-order chi connectivity index (χ1) is 38.6. The molecule has 0 aliphatic rings. The number of likely N-dealkylation sites (N-methyl/N-ethyl adjacent to an activating group) is 1. The molecule has 0 aromatic carbocycles.